The fourth-order valence-electron chi connectivity index (χ4n) is 2.07. The standard InChI is InChI=1S/C9H12INO4/c10-9(3-4-12)5-8(15-9)2-1-6(13)11-7(8)14/h12H,1-5H2,(H,11,13,14). The highest BCUT2D eigenvalue weighted by molar-refractivity contribution is 14.1. The van der Waals surface area contributed by atoms with Gasteiger partial charge in [0.15, 0.2) is 5.60 Å². The molecule has 2 unspecified atom stereocenters. The lowest BCUT2D eigenvalue weighted by Crippen LogP contribution is -2.67. The lowest BCUT2D eigenvalue weighted by atomic mass is 9.81. The minimum atomic E-state index is -0.815. The minimum absolute atomic E-state index is 0.0412. The molecule has 6 heteroatoms. The average molecular weight is 325 g/mol. The molecule has 0 aromatic rings. The van der Waals surface area contributed by atoms with Gasteiger partial charge in [-0.3, -0.25) is 14.9 Å². The van der Waals surface area contributed by atoms with E-state index in [1.165, 1.54) is 0 Å². The molecule has 2 fully saturated rings. The number of halogens is 1. The Morgan fingerprint density at radius 2 is 2.20 bits per heavy atom. The van der Waals surface area contributed by atoms with Gasteiger partial charge in [0.2, 0.25) is 5.91 Å². The molecule has 5 nitrogen and oxygen atoms in total. The predicted molar refractivity (Wildman–Crippen MR) is 59.3 cm³/mol. The van der Waals surface area contributed by atoms with Gasteiger partial charge in [0, 0.05) is 25.9 Å². The van der Waals surface area contributed by atoms with Crippen LogP contribution in [0.15, 0.2) is 0 Å². The monoisotopic (exact) mass is 325 g/mol. The van der Waals surface area contributed by atoms with Crippen LogP contribution in [0.2, 0.25) is 0 Å². The zero-order chi connectivity index (χ0) is 11.1. The van der Waals surface area contributed by atoms with E-state index in [9.17, 15) is 9.59 Å². The molecule has 2 atom stereocenters. The van der Waals surface area contributed by atoms with E-state index in [1.807, 2.05) is 0 Å². The van der Waals surface area contributed by atoms with Crippen molar-refractivity contribution in [2.75, 3.05) is 6.61 Å². The van der Waals surface area contributed by atoms with Crippen LogP contribution in [0.1, 0.15) is 25.7 Å². The number of aliphatic hydroxyl groups is 1. The summed E-state index contributed by atoms with van der Waals surface area (Å²) in [6.45, 7) is 0.0412. The maximum Gasteiger partial charge on any atom is 0.259 e. The Labute approximate surface area is 101 Å². The van der Waals surface area contributed by atoms with Crippen molar-refractivity contribution in [1.29, 1.82) is 0 Å². The smallest absolute Gasteiger partial charge is 0.259 e. The second-order valence-electron chi connectivity index (χ2n) is 4.01. The van der Waals surface area contributed by atoms with Crippen LogP contribution in [0.3, 0.4) is 0 Å². The van der Waals surface area contributed by atoms with Crippen LogP contribution in [0.4, 0.5) is 0 Å². The van der Waals surface area contributed by atoms with Crippen molar-refractivity contribution in [2.24, 2.45) is 0 Å². The van der Waals surface area contributed by atoms with Gasteiger partial charge in [-0.2, -0.15) is 0 Å². The van der Waals surface area contributed by atoms with Gasteiger partial charge in [-0.1, -0.05) is 0 Å². The van der Waals surface area contributed by atoms with Crippen molar-refractivity contribution in [1.82, 2.24) is 5.32 Å². The van der Waals surface area contributed by atoms with E-state index in [0.717, 1.165) is 0 Å². The summed E-state index contributed by atoms with van der Waals surface area (Å²) in [7, 11) is 0. The van der Waals surface area contributed by atoms with Crippen LogP contribution < -0.4 is 5.32 Å². The van der Waals surface area contributed by atoms with Crippen LogP contribution in [0.25, 0.3) is 0 Å². The zero-order valence-electron chi connectivity index (χ0n) is 8.09. The van der Waals surface area contributed by atoms with Crippen molar-refractivity contribution >= 4 is 34.4 Å². The number of piperidine rings is 1. The first kappa shape index (κ1) is 11.3. The molecule has 15 heavy (non-hydrogen) atoms. The summed E-state index contributed by atoms with van der Waals surface area (Å²) in [4.78, 5) is 22.5. The van der Waals surface area contributed by atoms with E-state index in [0.29, 0.717) is 25.7 Å². The number of hydrogen-bond acceptors (Lipinski definition) is 4. The SMILES string of the molecule is O=C1CCC2(CC(I)(CCO)O2)C(=O)N1. The zero-order valence-corrected chi connectivity index (χ0v) is 10.2. The number of hydrogen-bond donors (Lipinski definition) is 2. The molecule has 0 saturated carbocycles. The molecule has 0 bridgehead atoms. The Bertz CT molecular complexity index is 311. The highest BCUT2D eigenvalue weighted by Crippen LogP contribution is 2.51. The second-order valence-corrected chi connectivity index (χ2v) is 5.97. The molecule has 2 amide bonds. The lowest BCUT2D eigenvalue weighted by molar-refractivity contribution is -0.225. The number of nitrogens with one attached hydrogen (secondary N) is 1. The molecule has 84 valence electrons. The minimum Gasteiger partial charge on any atom is -0.396 e. The summed E-state index contributed by atoms with van der Waals surface area (Å²) in [5.41, 5.74) is -0.815. The van der Waals surface area contributed by atoms with E-state index < -0.39 is 9.21 Å². The summed E-state index contributed by atoms with van der Waals surface area (Å²) >= 11 is 2.11. The largest absolute Gasteiger partial charge is 0.396 e. The third-order valence-electron chi connectivity index (χ3n) is 2.84. The average Bonchev–Trinajstić information content (AvgIpc) is 2.09. The number of aliphatic hydroxyl groups excluding tert-OH is 1. The van der Waals surface area contributed by atoms with E-state index in [-0.39, 0.29) is 18.4 Å². The fraction of sp³-hybridized carbons (Fsp3) is 0.778. The summed E-state index contributed by atoms with van der Waals surface area (Å²) in [5, 5.41) is 11.1. The van der Waals surface area contributed by atoms with E-state index in [2.05, 4.69) is 27.9 Å². The van der Waals surface area contributed by atoms with Gasteiger partial charge < -0.3 is 9.84 Å². The van der Waals surface area contributed by atoms with Crippen LogP contribution in [-0.2, 0) is 14.3 Å². The normalized spacial score (nSPS) is 40.1. The molecule has 2 aliphatic rings. The highest BCUT2D eigenvalue weighted by Gasteiger charge is 2.60. The first-order valence-electron chi connectivity index (χ1n) is 4.84. The lowest BCUT2D eigenvalue weighted by Gasteiger charge is -2.53. The van der Waals surface area contributed by atoms with Crippen molar-refractivity contribution in [3.8, 4) is 0 Å². The van der Waals surface area contributed by atoms with Gasteiger partial charge >= 0.3 is 0 Å². The van der Waals surface area contributed by atoms with Crippen LogP contribution >= 0.6 is 22.6 Å². The van der Waals surface area contributed by atoms with Crippen LogP contribution in [0, 0.1) is 0 Å². The van der Waals surface area contributed by atoms with Gasteiger partial charge in [-0.05, 0) is 29.0 Å². The molecule has 2 saturated heterocycles. The summed E-state index contributed by atoms with van der Waals surface area (Å²) in [5.74, 6) is -0.564. The molecule has 0 aromatic heterocycles. The Morgan fingerprint density at radius 1 is 1.53 bits per heavy atom. The molecule has 2 rings (SSSR count). The molecular formula is C9H12INO4. The Hall–Kier alpha value is -0.210. The first-order valence-corrected chi connectivity index (χ1v) is 5.92. The molecule has 0 radical (unpaired) electrons. The van der Waals surface area contributed by atoms with Crippen molar-refractivity contribution in [3.05, 3.63) is 0 Å². The molecule has 2 heterocycles. The predicted octanol–water partition coefficient (Wildman–Crippen LogP) is 0.0958. The number of amides is 2. The fourth-order valence-corrected chi connectivity index (χ4v) is 3.35. The summed E-state index contributed by atoms with van der Waals surface area (Å²) in [6, 6.07) is 0. The maximum absolute atomic E-state index is 11.6. The third-order valence-corrected chi connectivity index (χ3v) is 3.98. The second kappa shape index (κ2) is 3.67. The highest BCUT2D eigenvalue weighted by atomic mass is 127. The van der Waals surface area contributed by atoms with Crippen LogP contribution in [0.5, 0.6) is 0 Å². The number of alkyl halides is 1. The maximum atomic E-state index is 11.6. The Balaban J connectivity index is 2.01. The van der Waals surface area contributed by atoms with Gasteiger partial charge in [0.25, 0.3) is 5.91 Å². The molecular weight excluding hydrogens is 313 g/mol. The molecule has 2 N–H and O–H groups in total. The van der Waals surface area contributed by atoms with Gasteiger partial charge in [0.05, 0.1) is 0 Å². The van der Waals surface area contributed by atoms with Crippen LogP contribution in [-0.4, -0.2) is 32.7 Å². The van der Waals surface area contributed by atoms with Gasteiger partial charge in [0.1, 0.15) is 3.61 Å². The van der Waals surface area contributed by atoms with Crippen molar-refractivity contribution in [2.45, 2.75) is 34.9 Å². The summed E-state index contributed by atoms with van der Waals surface area (Å²) in [6.07, 6.45) is 1.86. The number of imide groups is 1. The number of carbonyl (C=O) groups excluding carboxylic acids is 2. The topological polar surface area (TPSA) is 75.6 Å². The van der Waals surface area contributed by atoms with Crippen molar-refractivity contribution < 1.29 is 19.4 Å². The third kappa shape index (κ3) is 1.90. The molecule has 2 aliphatic heterocycles. The first-order chi connectivity index (χ1) is 7.00. The van der Waals surface area contributed by atoms with Gasteiger partial charge in [-0.25, -0.2) is 0 Å². The molecule has 1 spiro atoms. The van der Waals surface area contributed by atoms with Gasteiger partial charge in [-0.15, -0.1) is 0 Å². The van der Waals surface area contributed by atoms with E-state index in [1.54, 1.807) is 0 Å². The summed E-state index contributed by atoms with van der Waals surface area (Å²) < 4.78 is 5.18. The molecule has 0 aromatic carbocycles. The Kier molecular flexibility index (Phi) is 2.76. The van der Waals surface area contributed by atoms with Crippen molar-refractivity contribution in [3.63, 3.8) is 0 Å². The number of rotatable bonds is 2. The number of ether oxygens (including phenoxy) is 1. The molecule has 0 aliphatic carbocycles. The van der Waals surface area contributed by atoms with E-state index in [4.69, 9.17) is 9.84 Å². The Morgan fingerprint density at radius 3 is 2.73 bits per heavy atom. The number of carbonyl (C=O) groups is 2. The van der Waals surface area contributed by atoms with E-state index >= 15 is 0 Å². The quantitative estimate of drug-likeness (QED) is 0.429.